The van der Waals surface area contributed by atoms with E-state index < -0.39 is 9.84 Å². The van der Waals surface area contributed by atoms with E-state index in [0.29, 0.717) is 26.2 Å². The average molecular weight is 465 g/mol. The highest BCUT2D eigenvalue weighted by Crippen LogP contribution is 2.40. The predicted molar refractivity (Wildman–Crippen MR) is 117 cm³/mol. The van der Waals surface area contributed by atoms with Gasteiger partial charge in [-0.3, -0.25) is 4.79 Å². The Labute approximate surface area is 182 Å². The first-order valence-electron chi connectivity index (χ1n) is 8.47. The molecule has 5 nitrogen and oxygen atoms in total. The average Bonchev–Trinajstić information content (AvgIpc) is 3.18. The van der Waals surface area contributed by atoms with Gasteiger partial charge < -0.3 is 10.3 Å². The monoisotopic (exact) mass is 464 g/mol. The maximum Gasteiger partial charge on any atom is 0.262 e. The van der Waals surface area contributed by atoms with Gasteiger partial charge in [0, 0.05) is 32.9 Å². The van der Waals surface area contributed by atoms with Crippen LogP contribution in [0.3, 0.4) is 0 Å². The smallest absolute Gasteiger partial charge is 0.262 e. The van der Waals surface area contributed by atoms with Crippen LogP contribution in [0.4, 0.5) is 5.69 Å². The number of hydrogen-bond acceptors (Lipinski definition) is 4. The van der Waals surface area contributed by atoms with Gasteiger partial charge >= 0.3 is 0 Å². The molecule has 2 aromatic carbocycles. The molecule has 0 atom stereocenters. The van der Waals surface area contributed by atoms with Gasteiger partial charge in [-0.2, -0.15) is 0 Å². The van der Waals surface area contributed by atoms with Crippen LogP contribution in [0.15, 0.2) is 69.6 Å². The van der Waals surface area contributed by atoms with Gasteiger partial charge in [-0.05, 0) is 48.0 Å². The summed E-state index contributed by atoms with van der Waals surface area (Å²) in [5.74, 6) is -0.614. The van der Waals surface area contributed by atoms with Crippen molar-refractivity contribution in [1.82, 2.24) is 4.98 Å². The summed E-state index contributed by atoms with van der Waals surface area (Å²) < 4.78 is 25.8. The lowest BCUT2D eigenvalue weighted by atomic mass is 10.2. The van der Waals surface area contributed by atoms with Crippen molar-refractivity contribution in [1.29, 1.82) is 0 Å². The van der Waals surface area contributed by atoms with E-state index in [4.69, 9.17) is 23.2 Å². The van der Waals surface area contributed by atoms with Crippen LogP contribution in [0.2, 0.25) is 10.0 Å². The second-order valence-corrected chi connectivity index (χ2v) is 10.2. The Morgan fingerprint density at radius 1 is 1.07 bits per heavy atom. The molecule has 0 aliphatic carbocycles. The largest absolute Gasteiger partial charge is 0.367 e. The van der Waals surface area contributed by atoms with Crippen molar-refractivity contribution in [3.05, 3.63) is 80.9 Å². The molecule has 1 amide bonds. The van der Waals surface area contributed by atoms with Gasteiger partial charge in [-0.1, -0.05) is 41.0 Å². The minimum atomic E-state index is -3.71. The van der Waals surface area contributed by atoms with Crippen molar-refractivity contribution in [2.75, 3.05) is 5.32 Å². The predicted octanol–water partition coefficient (Wildman–Crippen LogP) is 5.38. The summed E-state index contributed by atoms with van der Waals surface area (Å²) in [4.78, 5) is 16.7. The molecule has 0 spiro atoms. The fourth-order valence-corrected chi connectivity index (χ4v) is 5.91. The van der Waals surface area contributed by atoms with E-state index >= 15 is 0 Å². The number of aromatic amines is 1. The first-order chi connectivity index (χ1) is 13.8. The summed E-state index contributed by atoms with van der Waals surface area (Å²) in [7, 11) is -3.71. The number of hydrogen-bond donors (Lipinski definition) is 2. The molecule has 2 heterocycles. The Bertz CT molecular complexity index is 1220. The van der Waals surface area contributed by atoms with E-state index in [2.05, 4.69) is 10.3 Å². The molecule has 1 aromatic heterocycles. The number of amides is 1. The highest BCUT2D eigenvalue weighted by molar-refractivity contribution is 8.04. The van der Waals surface area contributed by atoms with Crippen molar-refractivity contribution in [3.63, 3.8) is 0 Å². The first kappa shape index (κ1) is 20.1. The van der Waals surface area contributed by atoms with E-state index in [1.165, 1.54) is 23.9 Å². The van der Waals surface area contributed by atoms with E-state index in [9.17, 15) is 13.2 Å². The van der Waals surface area contributed by atoms with Gasteiger partial charge in [0.15, 0.2) is 9.84 Å². The molecular formula is C20H14Cl2N2O3S2. The Morgan fingerprint density at radius 3 is 2.52 bits per heavy atom. The number of fused-ring (bicyclic) bond motifs is 1. The molecule has 3 aromatic rings. The van der Waals surface area contributed by atoms with Crippen LogP contribution < -0.4 is 5.32 Å². The minimum Gasteiger partial charge on any atom is -0.367 e. The Morgan fingerprint density at radius 2 is 1.83 bits per heavy atom. The summed E-state index contributed by atoms with van der Waals surface area (Å²) in [6, 6.07) is 11.4. The fraction of sp³-hybridized carbons (Fsp3) is 0.0500. The van der Waals surface area contributed by atoms with E-state index in [1.54, 1.807) is 42.7 Å². The third kappa shape index (κ3) is 4.23. The van der Waals surface area contributed by atoms with Crippen LogP contribution in [0.1, 0.15) is 11.1 Å². The van der Waals surface area contributed by atoms with Gasteiger partial charge in [0.25, 0.3) is 5.91 Å². The number of aromatic nitrogens is 1. The third-order valence-electron chi connectivity index (χ3n) is 4.32. The number of H-pyrrole nitrogens is 1. The van der Waals surface area contributed by atoms with Gasteiger partial charge in [-0.25, -0.2) is 8.42 Å². The van der Waals surface area contributed by atoms with Crippen molar-refractivity contribution < 1.29 is 13.2 Å². The standard InChI is InChI=1S/C20H14Cl2N2O3S2/c21-15-2-1-3-16(22)14(15)11-29(26,27)13-4-5-18-17(9-13)24-20(25)19(28-18)8-12-6-7-23-10-12/h1-10,23H,11H2,(H,24,25)/b19-8+. The topological polar surface area (TPSA) is 79.0 Å². The van der Waals surface area contributed by atoms with Crippen LogP contribution in [0, 0.1) is 0 Å². The zero-order chi connectivity index (χ0) is 20.6. The molecule has 1 aliphatic heterocycles. The summed E-state index contributed by atoms with van der Waals surface area (Å²) in [5.41, 5.74) is 1.68. The third-order valence-corrected chi connectivity index (χ3v) is 7.77. The Balaban J connectivity index is 1.64. The zero-order valence-corrected chi connectivity index (χ0v) is 17.9. The molecule has 0 saturated heterocycles. The summed E-state index contributed by atoms with van der Waals surface area (Å²) in [6.45, 7) is 0. The lowest BCUT2D eigenvalue weighted by Crippen LogP contribution is -2.18. The molecule has 2 N–H and O–H groups in total. The van der Waals surface area contributed by atoms with Crippen LogP contribution >= 0.6 is 35.0 Å². The number of anilines is 1. The summed E-state index contributed by atoms with van der Waals surface area (Å²) in [5, 5.41) is 3.35. The number of thioether (sulfide) groups is 1. The van der Waals surface area contributed by atoms with Gasteiger partial charge in [0.05, 0.1) is 21.2 Å². The molecular weight excluding hydrogens is 451 g/mol. The quantitative estimate of drug-likeness (QED) is 0.507. The van der Waals surface area contributed by atoms with Crippen LogP contribution in [-0.4, -0.2) is 19.3 Å². The maximum atomic E-state index is 12.9. The van der Waals surface area contributed by atoms with Crippen molar-refractivity contribution in [2.45, 2.75) is 15.5 Å². The van der Waals surface area contributed by atoms with E-state index in [1.807, 2.05) is 6.07 Å². The van der Waals surface area contributed by atoms with Crippen molar-refractivity contribution in [3.8, 4) is 0 Å². The lowest BCUT2D eigenvalue weighted by molar-refractivity contribution is -0.112. The number of halogens is 2. The van der Waals surface area contributed by atoms with Gasteiger partial charge in [-0.15, -0.1) is 0 Å². The lowest BCUT2D eigenvalue weighted by Gasteiger charge is -2.19. The van der Waals surface area contributed by atoms with Crippen LogP contribution in [-0.2, 0) is 20.4 Å². The molecule has 148 valence electrons. The molecule has 0 saturated carbocycles. The molecule has 29 heavy (non-hydrogen) atoms. The Kier molecular flexibility index (Phi) is 5.48. The second-order valence-electron chi connectivity index (χ2n) is 6.33. The Hall–Kier alpha value is -2.19. The van der Waals surface area contributed by atoms with Gasteiger partial charge in [0.2, 0.25) is 0 Å². The highest BCUT2D eigenvalue weighted by Gasteiger charge is 2.25. The number of benzene rings is 2. The molecule has 1 aliphatic rings. The normalized spacial score (nSPS) is 15.2. The SMILES string of the molecule is O=C1Nc2cc(S(=O)(=O)Cc3c(Cl)cccc3Cl)ccc2S/C1=C/c1cc[nH]c1. The molecule has 0 bridgehead atoms. The molecule has 0 unspecified atom stereocenters. The minimum absolute atomic E-state index is 0.0891. The van der Waals surface area contributed by atoms with Gasteiger partial charge in [0.1, 0.15) is 0 Å². The molecule has 4 rings (SSSR count). The number of sulfone groups is 1. The number of carbonyl (C=O) groups is 1. The van der Waals surface area contributed by atoms with Crippen molar-refractivity contribution in [2.24, 2.45) is 0 Å². The van der Waals surface area contributed by atoms with Crippen molar-refractivity contribution >= 4 is 62.5 Å². The first-order valence-corrected chi connectivity index (χ1v) is 11.7. The zero-order valence-electron chi connectivity index (χ0n) is 14.8. The molecule has 9 heteroatoms. The van der Waals surface area contributed by atoms with E-state index in [-0.39, 0.29) is 16.6 Å². The van der Waals surface area contributed by atoms with E-state index in [0.717, 1.165) is 10.5 Å². The number of rotatable bonds is 4. The fourth-order valence-electron chi connectivity index (χ4n) is 2.85. The summed E-state index contributed by atoms with van der Waals surface area (Å²) in [6.07, 6.45) is 5.32. The number of carbonyl (C=O) groups excluding carboxylic acids is 1. The van der Waals surface area contributed by atoms with Crippen LogP contribution in [0.25, 0.3) is 6.08 Å². The molecule has 0 radical (unpaired) electrons. The number of nitrogens with one attached hydrogen (secondary N) is 2. The van der Waals surface area contributed by atoms with Crippen LogP contribution in [0.5, 0.6) is 0 Å². The summed E-state index contributed by atoms with van der Waals surface area (Å²) >= 11 is 13.5. The maximum absolute atomic E-state index is 12.9. The second kappa shape index (κ2) is 7.91. The molecule has 0 fully saturated rings. The highest BCUT2D eigenvalue weighted by atomic mass is 35.5.